The molecule has 0 amide bonds. The molecule has 94 valence electrons. The Morgan fingerprint density at radius 2 is 1.78 bits per heavy atom. The molecule has 0 spiro atoms. The summed E-state index contributed by atoms with van der Waals surface area (Å²) >= 11 is 0. The quantitative estimate of drug-likeness (QED) is 0.845. The van der Waals surface area contributed by atoms with Crippen LogP contribution in [-0.4, -0.2) is 7.11 Å². The summed E-state index contributed by atoms with van der Waals surface area (Å²) in [6.07, 6.45) is 0. The van der Waals surface area contributed by atoms with Crippen molar-refractivity contribution in [1.82, 2.24) is 0 Å². The van der Waals surface area contributed by atoms with Crippen LogP contribution in [0.4, 0.5) is 10.1 Å². The second-order valence-corrected chi connectivity index (χ2v) is 3.86. The molecule has 0 heterocycles. The molecule has 0 aliphatic rings. The van der Waals surface area contributed by atoms with Crippen molar-refractivity contribution in [3.8, 4) is 11.5 Å². The first-order valence-electron chi connectivity index (χ1n) is 5.49. The average Bonchev–Trinajstić information content (AvgIpc) is 2.36. The first-order chi connectivity index (χ1) is 8.67. The van der Waals surface area contributed by atoms with Gasteiger partial charge in [0, 0.05) is 17.8 Å². The molecule has 0 atom stereocenters. The maximum absolute atomic E-state index is 13.1. The number of halogens is 1. The van der Waals surface area contributed by atoms with Gasteiger partial charge in [-0.3, -0.25) is 0 Å². The van der Waals surface area contributed by atoms with Gasteiger partial charge in [-0.05, 0) is 23.8 Å². The molecule has 0 fully saturated rings. The summed E-state index contributed by atoms with van der Waals surface area (Å²) < 4.78 is 23.6. The highest BCUT2D eigenvalue weighted by molar-refractivity contribution is 5.44. The summed E-state index contributed by atoms with van der Waals surface area (Å²) in [6, 6.07) is 11.6. The van der Waals surface area contributed by atoms with Crippen molar-refractivity contribution >= 4 is 5.69 Å². The molecule has 2 aromatic carbocycles. The van der Waals surface area contributed by atoms with E-state index in [2.05, 4.69) is 0 Å². The molecular weight excluding hydrogens is 233 g/mol. The maximum atomic E-state index is 13.1. The third-order valence-electron chi connectivity index (χ3n) is 2.46. The highest BCUT2D eigenvalue weighted by atomic mass is 19.1. The van der Waals surface area contributed by atoms with Crippen molar-refractivity contribution in [3.05, 3.63) is 53.8 Å². The summed E-state index contributed by atoms with van der Waals surface area (Å²) in [5.74, 6) is 0.803. The van der Waals surface area contributed by atoms with E-state index in [0.717, 1.165) is 11.3 Å². The molecule has 0 aromatic heterocycles. The molecule has 0 unspecified atom stereocenters. The number of nitrogen functional groups attached to an aromatic ring is 1. The second-order valence-electron chi connectivity index (χ2n) is 3.86. The van der Waals surface area contributed by atoms with E-state index in [4.69, 9.17) is 15.2 Å². The number of hydrogen-bond acceptors (Lipinski definition) is 3. The monoisotopic (exact) mass is 247 g/mol. The van der Waals surface area contributed by atoms with Crippen LogP contribution < -0.4 is 15.2 Å². The van der Waals surface area contributed by atoms with Crippen molar-refractivity contribution in [3.63, 3.8) is 0 Å². The fourth-order valence-corrected chi connectivity index (χ4v) is 1.56. The predicted octanol–water partition coefficient (Wildman–Crippen LogP) is 3.00. The van der Waals surface area contributed by atoms with Crippen LogP contribution in [0.2, 0.25) is 0 Å². The Bertz CT molecular complexity index is 506. The van der Waals surface area contributed by atoms with Gasteiger partial charge in [0.25, 0.3) is 0 Å². The van der Waals surface area contributed by atoms with E-state index in [1.165, 1.54) is 12.1 Å². The van der Waals surface area contributed by atoms with Crippen LogP contribution >= 0.6 is 0 Å². The van der Waals surface area contributed by atoms with Crippen LogP contribution in [0.1, 0.15) is 5.56 Å². The third-order valence-corrected chi connectivity index (χ3v) is 2.46. The lowest BCUT2D eigenvalue weighted by Gasteiger charge is -2.08. The molecule has 2 N–H and O–H groups in total. The zero-order chi connectivity index (χ0) is 13.0. The topological polar surface area (TPSA) is 44.5 Å². The molecule has 0 saturated carbocycles. The van der Waals surface area contributed by atoms with Crippen molar-refractivity contribution in [2.45, 2.75) is 6.61 Å². The molecular formula is C14H14FNO2. The Kier molecular flexibility index (Phi) is 3.67. The number of hydrogen-bond donors (Lipinski definition) is 1. The SMILES string of the molecule is COc1ccc(COc2cc(N)cc(F)c2)cc1. The standard InChI is InChI=1S/C14H14FNO2/c1-17-13-4-2-10(3-5-13)9-18-14-7-11(15)6-12(16)8-14/h2-8H,9,16H2,1H3. The van der Waals surface area contributed by atoms with Gasteiger partial charge in [-0.25, -0.2) is 4.39 Å². The molecule has 3 nitrogen and oxygen atoms in total. The van der Waals surface area contributed by atoms with Crippen molar-refractivity contribution in [2.75, 3.05) is 12.8 Å². The minimum Gasteiger partial charge on any atom is -0.497 e. The van der Waals surface area contributed by atoms with Gasteiger partial charge in [-0.2, -0.15) is 0 Å². The lowest BCUT2D eigenvalue weighted by Crippen LogP contribution is -1.97. The van der Waals surface area contributed by atoms with E-state index in [1.54, 1.807) is 13.2 Å². The number of benzene rings is 2. The Morgan fingerprint density at radius 3 is 2.39 bits per heavy atom. The van der Waals surface area contributed by atoms with Gasteiger partial charge < -0.3 is 15.2 Å². The highest BCUT2D eigenvalue weighted by Crippen LogP contribution is 2.19. The van der Waals surface area contributed by atoms with Crippen LogP contribution in [0.15, 0.2) is 42.5 Å². The van der Waals surface area contributed by atoms with Gasteiger partial charge in [0.2, 0.25) is 0 Å². The largest absolute Gasteiger partial charge is 0.497 e. The minimum absolute atomic E-state index is 0.347. The van der Waals surface area contributed by atoms with Gasteiger partial charge in [0.1, 0.15) is 23.9 Å². The second kappa shape index (κ2) is 5.40. The zero-order valence-electron chi connectivity index (χ0n) is 10.0. The van der Waals surface area contributed by atoms with Crippen LogP contribution in [-0.2, 0) is 6.61 Å². The molecule has 0 saturated heterocycles. The Hall–Kier alpha value is -2.23. The maximum Gasteiger partial charge on any atom is 0.128 e. The lowest BCUT2D eigenvalue weighted by atomic mass is 10.2. The fraction of sp³-hybridized carbons (Fsp3) is 0.143. The van der Waals surface area contributed by atoms with Crippen molar-refractivity contribution in [2.24, 2.45) is 0 Å². The van der Waals surface area contributed by atoms with E-state index in [0.29, 0.717) is 18.0 Å². The smallest absolute Gasteiger partial charge is 0.128 e. The van der Waals surface area contributed by atoms with Gasteiger partial charge in [0.05, 0.1) is 7.11 Å². The Labute approximate surface area is 105 Å². The first-order valence-corrected chi connectivity index (χ1v) is 5.49. The van der Waals surface area contributed by atoms with E-state index >= 15 is 0 Å². The summed E-state index contributed by atoms with van der Waals surface area (Å²) in [4.78, 5) is 0. The Morgan fingerprint density at radius 1 is 1.06 bits per heavy atom. The third kappa shape index (κ3) is 3.13. The minimum atomic E-state index is -0.403. The number of ether oxygens (including phenoxy) is 2. The van der Waals surface area contributed by atoms with E-state index in [9.17, 15) is 4.39 Å². The highest BCUT2D eigenvalue weighted by Gasteiger charge is 2.00. The fourth-order valence-electron chi connectivity index (χ4n) is 1.56. The number of rotatable bonds is 4. The number of anilines is 1. The van der Waals surface area contributed by atoms with Crippen molar-refractivity contribution in [1.29, 1.82) is 0 Å². The first kappa shape index (κ1) is 12.2. The lowest BCUT2D eigenvalue weighted by molar-refractivity contribution is 0.304. The van der Waals surface area contributed by atoms with Crippen molar-refractivity contribution < 1.29 is 13.9 Å². The summed E-state index contributed by atoms with van der Waals surface area (Å²) in [6.45, 7) is 0.354. The molecule has 0 bridgehead atoms. The van der Waals surface area contributed by atoms with Crippen LogP contribution in [0.5, 0.6) is 11.5 Å². The molecule has 4 heteroatoms. The normalized spacial score (nSPS) is 10.1. The zero-order valence-corrected chi connectivity index (χ0v) is 10.0. The molecule has 2 rings (SSSR count). The van der Waals surface area contributed by atoms with Crippen LogP contribution in [0, 0.1) is 5.82 Å². The molecule has 0 radical (unpaired) electrons. The van der Waals surface area contributed by atoms with Crippen LogP contribution in [0.3, 0.4) is 0 Å². The van der Waals surface area contributed by atoms with Gasteiger partial charge in [-0.15, -0.1) is 0 Å². The van der Waals surface area contributed by atoms with E-state index in [1.807, 2.05) is 24.3 Å². The number of nitrogens with two attached hydrogens (primary N) is 1. The summed E-state index contributed by atoms with van der Waals surface area (Å²) in [7, 11) is 1.61. The summed E-state index contributed by atoms with van der Waals surface area (Å²) in [5.41, 5.74) is 6.85. The van der Waals surface area contributed by atoms with E-state index in [-0.39, 0.29) is 0 Å². The average molecular weight is 247 g/mol. The molecule has 2 aromatic rings. The number of methoxy groups -OCH3 is 1. The predicted molar refractivity (Wildman–Crippen MR) is 68.1 cm³/mol. The van der Waals surface area contributed by atoms with Gasteiger partial charge >= 0.3 is 0 Å². The van der Waals surface area contributed by atoms with Gasteiger partial charge in [-0.1, -0.05) is 12.1 Å². The molecule has 0 aliphatic heterocycles. The Balaban J connectivity index is 2.01. The molecule has 0 aliphatic carbocycles. The van der Waals surface area contributed by atoms with Gasteiger partial charge in [0.15, 0.2) is 0 Å². The molecule has 18 heavy (non-hydrogen) atoms. The van der Waals surface area contributed by atoms with Crippen LogP contribution in [0.25, 0.3) is 0 Å². The summed E-state index contributed by atoms with van der Waals surface area (Å²) in [5, 5.41) is 0. The van der Waals surface area contributed by atoms with E-state index < -0.39 is 5.82 Å².